The van der Waals surface area contributed by atoms with Crippen LogP contribution in [-0.4, -0.2) is 42.9 Å². The van der Waals surface area contributed by atoms with E-state index in [9.17, 15) is 9.59 Å². The molecule has 0 aliphatic carbocycles. The van der Waals surface area contributed by atoms with E-state index in [1.54, 1.807) is 12.1 Å². The number of anilines is 1. The first-order valence-corrected chi connectivity index (χ1v) is 8.00. The van der Waals surface area contributed by atoms with Crippen molar-refractivity contribution in [3.63, 3.8) is 0 Å². The minimum atomic E-state index is -0.0949. The molecule has 0 radical (unpaired) electrons. The lowest BCUT2D eigenvalue weighted by Gasteiger charge is -2.30. The SMILES string of the molecule is CCNC(=O)c1cccc(NCC(=O)N2CCC(C)CC2)c1. The van der Waals surface area contributed by atoms with Crippen LogP contribution in [0.15, 0.2) is 24.3 Å². The van der Waals surface area contributed by atoms with Crippen molar-refractivity contribution in [2.24, 2.45) is 5.92 Å². The summed E-state index contributed by atoms with van der Waals surface area (Å²) in [6.07, 6.45) is 2.16. The molecule has 0 saturated carbocycles. The zero-order valence-corrected chi connectivity index (χ0v) is 13.4. The Morgan fingerprint density at radius 1 is 1.27 bits per heavy atom. The highest BCUT2D eigenvalue weighted by molar-refractivity contribution is 5.95. The van der Waals surface area contributed by atoms with Crippen molar-refractivity contribution in [2.75, 3.05) is 31.5 Å². The molecular weight excluding hydrogens is 278 g/mol. The van der Waals surface area contributed by atoms with Crippen molar-refractivity contribution in [2.45, 2.75) is 26.7 Å². The van der Waals surface area contributed by atoms with Crippen LogP contribution in [0.1, 0.15) is 37.0 Å². The molecule has 1 aliphatic rings. The van der Waals surface area contributed by atoms with Crippen LogP contribution in [0.25, 0.3) is 0 Å². The molecule has 1 aromatic rings. The molecule has 1 saturated heterocycles. The number of piperidine rings is 1. The Morgan fingerprint density at radius 2 is 2.00 bits per heavy atom. The van der Waals surface area contributed by atoms with Crippen LogP contribution >= 0.6 is 0 Å². The number of carbonyl (C=O) groups excluding carboxylic acids is 2. The standard InChI is InChI=1S/C17H25N3O2/c1-3-18-17(22)14-5-4-6-15(11-14)19-12-16(21)20-9-7-13(2)8-10-20/h4-6,11,13,19H,3,7-10,12H2,1-2H3,(H,18,22). The number of amides is 2. The van der Waals surface area contributed by atoms with Crippen LogP contribution in [0.3, 0.4) is 0 Å². The van der Waals surface area contributed by atoms with Gasteiger partial charge >= 0.3 is 0 Å². The molecule has 2 N–H and O–H groups in total. The number of carbonyl (C=O) groups is 2. The first-order valence-electron chi connectivity index (χ1n) is 8.00. The van der Waals surface area contributed by atoms with Crippen molar-refractivity contribution in [3.8, 4) is 0 Å². The molecular formula is C17H25N3O2. The zero-order chi connectivity index (χ0) is 15.9. The van der Waals surface area contributed by atoms with Crippen molar-refractivity contribution >= 4 is 17.5 Å². The summed E-state index contributed by atoms with van der Waals surface area (Å²) in [5.41, 5.74) is 1.40. The second-order valence-corrected chi connectivity index (χ2v) is 5.86. The Kier molecular flexibility index (Phi) is 5.81. The van der Waals surface area contributed by atoms with Crippen LogP contribution in [0.5, 0.6) is 0 Å². The first-order chi connectivity index (χ1) is 10.6. The third-order valence-electron chi connectivity index (χ3n) is 4.04. The predicted octanol–water partition coefficient (Wildman–Crippen LogP) is 2.11. The Balaban J connectivity index is 1.87. The maximum absolute atomic E-state index is 12.2. The highest BCUT2D eigenvalue weighted by Crippen LogP contribution is 2.16. The summed E-state index contributed by atoms with van der Waals surface area (Å²) in [4.78, 5) is 25.9. The normalized spacial score (nSPS) is 15.5. The second kappa shape index (κ2) is 7.82. The largest absolute Gasteiger partial charge is 0.376 e. The Labute approximate surface area is 132 Å². The van der Waals surface area contributed by atoms with Crippen LogP contribution in [0.2, 0.25) is 0 Å². The predicted molar refractivity (Wildman–Crippen MR) is 87.9 cm³/mol. The fourth-order valence-electron chi connectivity index (χ4n) is 2.58. The number of benzene rings is 1. The number of nitrogens with zero attached hydrogens (tertiary/aromatic N) is 1. The van der Waals surface area contributed by atoms with Gasteiger partial charge in [-0.1, -0.05) is 13.0 Å². The average Bonchev–Trinajstić information content (AvgIpc) is 2.54. The van der Waals surface area contributed by atoms with Crippen molar-refractivity contribution in [1.82, 2.24) is 10.2 Å². The van der Waals surface area contributed by atoms with Crippen molar-refractivity contribution in [1.29, 1.82) is 0 Å². The molecule has 0 unspecified atom stereocenters. The fourth-order valence-corrected chi connectivity index (χ4v) is 2.58. The van der Waals surface area contributed by atoms with E-state index in [0.717, 1.165) is 31.6 Å². The third-order valence-corrected chi connectivity index (χ3v) is 4.04. The maximum Gasteiger partial charge on any atom is 0.251 e. The zero-order valence-electron chi connectivity index (χ0n) is 13.4. The average molecular weight is 303 g/mol. The monoisotopic (exact) mass is 303 g/mol. The van der Waals surface area contributed by atoms with E-state index in [0.29, 0.717) is 18.0 Å². The van der Waals surface area contributed by atoms with Gasteiger partial charge < -0.3 is 15.5 Å². The van der Waals surface area contributed by atoms with Crippen LogP contribution in [-0.2, 0) is 4.79 Å². The van der Waals surface area contributed by atoms with E-state index >= 15 is 0 Å². The third kappa shape index (κ3) is 4.48. The Bertz CT molecular complexity index is 522. The van der Waals surface area contributed by atoms with E-state index in [1.165, 1.54) is 0 Å². The van der Waals surface area contributed by atoms with Crippen LogP contribution < -0.4 is 10.6 Å². The lowest BCUT2D eigenvalue weighted by Crippen LogP contribution is -2.40. The summed E-state index contributed by atoms with van der Waals surface area (Å²) in [5.74, 6) is 0.739. The van der Waals surface area contributed by atoms with E-state index in [-0.39, 0.29) is 18.4 Å². The molecule has 0 spiro atoms. The van der Waals surface area contributed by atoms with Gasteiger partial charge in [0, 0.05) is 30.9 Å². The molecule has 0 atom stereocenters. The van der Waals surface area contributed by atoms with E-state index in [4.69, 9.17) is 0 Å². The Hall–Kier alpha value is -2.04. The molecule has 0 bridgehead atoms. The molecule has 1 aliphatic heterocycles. The highest BCUT2D eigenvalue weighted by Gasteiger charge is 2.19. The van der Waals surface area contributed by atoms with Gasteiger partial charge in [-0.3, -0.25) is 9.59 Å². The Morgan fingerprint density at radius 3 is 2.68 bits per heavy atom. The lowest BCUT2D eigenvalue weighted by atomic mass is 9.99. The molecule has 0 aromatic heterocycles. The molecule has 2 rings (SSSR count). The first kappa shape index (κ1) is 16.3. The van der Waals surface area contributed by atoms with Gasteiger partial charge in [0.25, 0.3) is 5.91 Å². The summed E-state index contributed by atoms with van der Waals surface area (Å²) in [7, 11) is 0. The molecule has 1 heterocycles. The summed E-state index contributed by atoms with van der Waals surface area (Å²) in [5, 5.41) is 5.89. The van der Waals surface area contributed by atoms with Gasteiger partial charge in [-0.2, -0.15) is 0 Å². The molecule has 1 aromatic carbocycles. The van der Waals surface area contributed by atoms with Crippen LogP contribution in [0.4, 0.5) is 5.69 Å². The lowest BCUT2D eigenvalue weighted by molar-refractivity contribution is -0.130. The minimum absolute atomic E-state index is 0.0949. The van der Waals surface area contributed by atoms with Gasteiger partial charge in [-0.15, -0.1) is 0 Å². The fraction of sp³-hybridized carbons (Fsp3) is 0.529. The number of likely N-dealkylation sites (tertiary alicyclic amines) is 1. The summed E-state index contributed by atoms with van der Waals surface area (Å²) in [6.45, 7) is 6.68. The number of hydrogen-bond acceptors (Lipinski definition) is 3. The summed E-state index contributed by atoms with van der Waals surface area (Å²) in [6, 6.07) is 7.23. The summed E-state index contributed by atoms with van der Waals surface area (Å²) >= 11 is 0. The molecule has 5 heteroatoms. The smallest absolute Gasteiger partial charge is 0.251 e. The van der Waals surface area contributed by atoms with Gasteiger partial charge in [-0.25, -0.2) is 0 Å². The highest BCUT2D eigenvalue weighted by atomic mass is 16.2. The topological polar surface area (TPSA) is 61.4 Å². The van der Waals surface area contributed by atoms with E-state index < -0.39 is 0 Å². The van der Waals surface area contributed by atoms with Gasteiger partial charge in [0.15, 0.2) is 0 Å². The quantitative estimate of drug-likeness (QED) is 0.876. The number of hydrogen-bond donors (Lipinski definition) is 2. The summed E-state index contributed by atoms with van der Waals surface area (Å²) < 4.78 is 0. The second-order valence-electron chi connectivity index (χ2n) is 5.86. The number of rotatable bonds is 5. The van der Waals surface area contributed by atoms with Gasteiger partial charge in [-0.05, 0) is 43.9 Å². The molecule has 1 fully saturated rings. The van der Waals surface area contributed by atoms with E-state index in [1.807, 2.05) is 24.0 Å². The van der Waals surface area contributed by atoms with Gasteiger partial charge in [0.1, 0.15) is 0 Å². The minimum Gasteiger partial charge on any atom is -0.376 e. The van der Waals surface area contributed by atoms with Crippen LogP contribution in [0, 0.1) is 5.92 Å². The molecule has 120 valence electrons. The van der Waals surface area contributed by atoms with Crippen molar-refractivity contribution in [3.05, 3.63) is 29.8 Å². The molecule has 22 heavy (non-hydrogen) atoms. The number of nitrogens with one attached hydrogen (secondary N) is 2. The van der Waals surface area contributed by atoms with E-state index in [2.05, 4.69) is 17.6 Å². The molecule has 2 amide bonds. The molecule has 5 nitrogen and oxygen atoms in total. The maximum atomic E-state index is 12.2. The van der Waals surface area contributed by atoms with Crippen molar-refractivity contribution < 1.29 is 9.59 Å². The van der Waals surface area contributed by atoms with Gasteiger partial charge in [0.05, 0.1) is 6.54 Å². The van der Waals surface area contributed by atoms with Gasteiger partial charge in [0.2, 0.25) is 5.91 Å².